The van der Waals surface area contributed by atoms with Gasteiger partial charge in [0.1, 0.15) is 0 Å². The molecule has 1 saturated carbocycles. The molecule has 11 heteroatoms. The topological polar surface area (TPSA) is 97.6 Å². The third kappa shape index (κ3) is 3.78. The fourth-order valence-electron chi connectivity index (χ4n) is 4.07. The first-order chi connectivity index (χ1) is 14.8. The molecule has 3 heterocycles. The van der Waals surface area contributed by atoms with Crippen LogP contribution in [0.3, 0.4) is 0 Å². The quantitative estimate of drug-likeness (QED) is 0.791. The van der Waals surface area contributed by atoms with Crippen molar-refractivity contribution in [2.45, 2.75) is 44.1 Å². The summed E-state index contributed by atoms with van der Waals surface area (Å²) in [5.74, 6) is -1.87. The standard InChI is InChI=1S/C20H19F3N4O4/c21-20(22,23)19-25-16(26-31-19)11-3-4-12-8-27(18(29)13(12)7-11)15-5-6-30-9-14(15)24-17(28)10-1-2-10/h3-4,7,10,14-15H,1-2,5-6,8-9H2,(H,24,28)/t14?,15-/m1/s1. The van der Waals surface area contributed by atoms with Crippen LogP contribution >= 0.6 is 0 Å². The molecule has 5 rings (SSSR count). The summed E-state index contributed by atoms with van der Waals surface area (Å²) in [7, 11) is 0. The van der Waals surface area contributed by atoms with Crippen molar-refractivity contribution in [1.29, 1.82) is 0 Å². The van der Waals surface area contributed by atoms with Crippen molar-refractivity contribution < 1.29 is 32.0 Å². The summed E-state index contributed by atoms with van der Waals surface area (Å²) in [5, 5.41) is 6.40. The number of nitrogens with zero attached hydrogens (tertiary/aromatic N) is 3. The summed E-state index contributed by atoms with van der Waals surface area (Å²) < 4.78 is 48.0. The van der Waals surface area contributed by atoms with Gasteiger partial charge in [0, 0.05) is 30.2 Å². The molecule has 1 aromatic carbocycles. The number of hydrogen-bond acceptors (Lipinski definition) is 6. The molecule has 2 aromatic rings. The number of hydrogen-bond donors (Lipinski definition) is 1. The molecular formula is C20H19F3N4O4. The summed E-state index contributed by atoms with van der Waals surface area (Å²) in [5.41, 5.74) is 1.40. The second kappa shape index (κ2) is 7.33. The average Bonchev–Trinajstić information content (AvgIpc) is 3.38. The van der Waals surface area contributed by atoms with Gasteiger partial charge in [0.25, 0.3) is 5.91 Å². The van der Waals surface area contributed by atoms with Crippen molar-refractivity contribution >= 4 is 11.8 Å². The van der Waals surface area contributed by atoms with Crippen LogP contribution in [0.4, 0.5) is 13.2 Å². The van der Waals surface area contributed by atoms with E-state index >= 15 is 0 Å². The first-order valence-electron chi connectivity index (χ1n) is 10.0. The molecule has 1 N–H and O–H groups in total. The molecule has 8 nitrogen and oxygen atoms in total. The predicted molar refractivity (Wildman–Crippen MR) is 98.5 cm³/mol. The minimum absolute atomic E-state index is 0.00970. The van der Waals surface area contributed by atoms with E-state index in [1.807, 2.05) is 0 Å². The first kappa shape index (κ1) is 20.0. The number of alkyl halides is 3. The molecule has 3 aliphatic rings. The van der Waals surface area contributed by atoms with Gasteiger partial charge in [0.15, 0.2) is 0 Å². The zero-order valence-electron chi connectivity index (χ0n) is 16.3. The maximum Gasteiger partial charge on any atom is 0.471 e. The van der Waals surface area contributed by atoms with Crippen molar-refractivity contribution in [2.24, 2.45) is 5.92 Å². The van der Waals surface area contributed by atoms with E-state index in [9.17, 15) is 22.8 Å². The molecule has 2 fully saturated rings. The van der Waals surface area contributed by atoms with Crippen molar-refractivity contribution in [3.05, 3.63) is 35.2 Å². The number of nitrogens with one attached hydrogen (secondary N) is 1. The molecule has 0 bridgehead atoms. The van der Waals surface area contributed by atoms with E-state index in [1.54, 1.807) is 17.0 Å². The smallest absolute Gasteiger partial charge is 0.379 e. The molecule has 31 heavy (non-hydrogen) atoms. The van der Waals surface area contributed by atoms with Crippen LogP contribution in [0.2, 0.25) is 0 Å². The lowest BCUT2D eigenvalue weighted by Crippen LogP contribution is -2.56. The van der Waals surface area contributed by atoms with Gasteiger partial charge in [0.2, 0.25) is 11.7 Å². The Labute approximate surface area is 174 Å². The van der Waals surface area contributed by atoms with Crippen LogP contribution in [0.25, 0.3) is 11.4 Å². The second-order valence-corrected chi connectivity index (χ2v) is 8.05. The molecule has 2 atom stereocenters. The Balaban J connectivity index is 1.37. The zero-order chi connectivity index (χ0) is 21.8. The Morgan fingerprint density at radius 3 is 2.74 bits per heavy atom. The summed E-state index contributed by atoms with van der Waals surface area (Å²) in [6.45, 7) is 1.17. The first-order valence-corrected chi connectivity index (χ1v) is 10.0. The van der Waals surface area contributed by atoms with Crippen LogP contribution in [-0.4, -0.2) is 52.2 Å². The molecule has 1 saturated heterocycles. The lowest BCUT2D eigenvalue weighted by Gasteiger charge is -2.38. The Hall–Kier alpha value is -2.95. The van der Waals surface area contributed by atoms with Gasteiger partial charge in [-0.3, -0.25) is 9.59 Å². The maximum atomic E-state index is 13.1. The number of halogens is 3. The minimum Gasteiger partial charge on any atom is -0.379 e. The molecule has 164 valence electrons. The number of carbonyl (C=O) groups excluding carboxylic acids is 2. The minimum atomic E-state index is -4.74. The number of rotatable bonds is 4. The van der Waals surface area contributed by atoms with E-state index in [1.165, 1.54) is 6.07 Å². The van der Waals surface area contributed by atoms with Gasteiger partial charge in [-0.15, -0.1) is 0 Å². The highest BCUT2D eigenvalue weighted by Gasteiger charge is 2.41. The Morgan fingerprint density at radius 1 is 1.23 bits per heavy atom. The number of aromatic nitrogens is 2. The van der Waals surface area contributed by atoms with E-state index in [0.717, 1.165) is 18.4 Å². The van der Waals surface area contributed by atoms with Gasteiger partial charge in [-0.25, -0.2) is 0 Å². The van der Waals surface area contributed by atoms with Gasteiger partial charge in [-0.2, -0.15) is 18.2 Å². The fraction of sp³-hybridized carbons (Fsp3) is 0.500. The van der Waals surface area contributed by atoms with Gasteiger partial charge in [0.05, 0.1) is 18.7 Å². The second-order valence-electron chi connectivity index (χ2n) is 8.05. The highest BCUT2D eigenvalue weighted by atomic mass is 19.4. The molecule has 2 aliphatic heterocycles. The maximum absolute atomic E-state index is 13.1. The SMILES string of the molecule is O=C(NC1COCC[C@H]1N1Cc2ccc(-c3noc(C(F)(F)F)n3)cc2C1=O)C1CC1. The van der Waals surface area contributed by atoms with Crippen LogP contribution < -0.4 is 5.32 Å². The van der Waals surface area contributed by atoms with Gasteiger partial charge < -0.3 is 19.5 Å². The normalized spacial score (nSPS) is 23.7. The molecule has 2 amide bonds. The highest BCUT2D eigenvalue weighted by molar-refractivity contribution is 5.99. The number of fused-ring (bicyclic) bond motifs is 1. The molecule has 0 radical (unpaired) electrons. The van der Waals surface area contributed by atoms with Crippen LogP contribution in [-0.2, 0) is 22.3 Å². The van der Waals surface area contributed by atoms with Crippen molar-refractivity contribution in [2.75, 3.05) is 13.2 Å². The number of carbonyl (C=O) groups is 2. The summed E-state index contributed by atoms with van der Waals surface area (Å²) >= 11 is 0. The number of ether oxygens (including phenoxy) is 1. The van der Waals surface area contributed by atoms with Crippen LogP contribution in [0.1, 0.15) is 41.1 Å². The zero-order valence-corrected chi connectivity index (χ0v) is 16.3. The van der Waals surface area contributed by atoms with Crippen LogP contribution in [0, 0.1) is 5.92 Å². The Morgan fingerprint density at radius 2 is 2.03 bits per heavy atom. The third-order valence-electron chi connectivity index (χ3n) is 5.86. The molecule has 1 aromatic heterocycles. The fourth-order valence-corrected chi connectivity index (χ4v) is 4.07. The van der Waals surface area contributed by atoms with Gasteiger partial charge in [-0.1, -0.05) is 17.3 Å². The molecule has 1 aliphatic carbocycles. The van der Waals surface area contributed by atoms with E-state index < -0.39 is 12.1 Å². The Bertz CT molecular complexity index is 1030. The summed E-state index contributed by atoms with van der Waals surface area (Å²) in [6, 6.07) is 4.22. The third-order valence-corrected chi connectivity index (χ3v) is 5.86. The Kier molecular flexibility index (Phi) is 4.72. The summed E-state index contributed by atoms with van der Waals surface area (Å²) in [4.78, 5) is 30.5. The van der Waals surface area contributed by atoms with E-state index in [-0.39, 0.29) is 41.2 Å². The van der Waals surface area contributed by atoms with E-state index in [0.29, 0.717) is 31.7 Å². The van der Waals surface area contributed by atoms with Crippen LogP contribution in [0.15, 0.2) is 22.7 Å². The predicted octanol–water partition coefficient (Wildman–Crippen LogP) is 2.39. The van der Waals surface area contributed by atoms with Crippen molar-refractivity contribution in [1.82, 2.24) is 20.4 Å². The molecular weight excluding hydrogens is 417 g/mol. The molecule has 1 unspecified atom stereocenters. The highest BCUT2D eigenvalue weighted by Crippen LogP contribution is 2.34. The lowest BCUT2D eigenvalue weighted by atomic mass is 10.0. The molecule has 0 spiro atoms. The largest absolute Gasteiger partial charge is 0.471 e. The van der Waals surface area contributed by atoms with E-state index in [4.69, 9.17) is 4.74 Å². The monoisotopic (exact) mass is 436 g/mol. The van der Waals surface area contributed by atoms with Crippen molar-refractivity contribution in [3.8, 4) is 11.4 Å². The lowest BCUT2D eigenvalue weighted by molar-refractivity contribution is -0.159. The number of amides is 2. The average molecular weight is 436 g/mol. The van der Waals surface area contributed by atoms with Gasteiger partial charge in [-0.05, 0) is 30.9 Å². The van der Waals surface area contributed by atoms with Crippen LogP contribution in [0.5, 0.6) is 0 Å². The van der Waals surface area contributed by atoms with E-state index in [2.05, 4.69) is 20.0 Å². The van der Waals surface area contributed by atoms with Crippen molar-refractivity contribution in [3.63, 3.8) is 0 Å². The number of benzene rings is 1. The summed E-state index contributed by atoms with van der Waals surface area (Å²) in [6.07, 6.45) is -2.39. The van der Waals surface area contributed by atoms with Gasteiger partial charge >= 0.3 is 12.1 Å².